The fraction of sp³-hybridized carbons (Fsp3) is 0. The van der Waals surface area contributed by atoms with E-state index in [0.29, 0.717) is 0 Å². The van der Waals surface area contributed by atoms with Gasteiger partial charge in [0.2, 0.25) is 0 Å². The largest absolute Gasteiger partial charge is 5.00 e. The second-order valence-electron chi connectivity index (χ2n) is 0. The van der Waals surface area contributed by atoms with Crippen molar-refractivity contribution in [1.29, 1.82) is 0 Å². The molecule has 0 aromatic heterocycles. The Hall–Kier alpha value is 7.06. The van der Waals surface area contributed by atoms with Crippen molar-refractivity contribution in [3.8, 4) is 0 Å². The standard InChI is InChI=1S/2Cr.2La.13O.2Sr.2V/q4*+3;13*-2;2*+2;2*+5. The maximum Gasteiger partial charge on any atom is 5.00 e. The third-order valence-corrected chi connectivity index (χ3v) is 0. The van der Waals surface area contributed by atoms with Gasteiger partial charge < -0.3 is 71.2 Å². The zero-order valence-corrected chi connectivity index (χ0v) is 29.1. The molecule has 2 radical (unpaired) electrons. The molecule has 13 nitrogen and oxygen atoms in total. The van der Waals surface area contributed by atoms with Gasteiger partial charge in [-0.3, -0.25) is 0 Å². The van der Waals surface area contributed by atoms with Gasteiger partial charge in [-0.05, 0) is 0 Å². The molecular weight excluding hydrogens is 867 g/mol. The van der Waals surface area contributed by atoms with Crippen LogP contribution >= 0.6 is 0 Å². The normalized spacial score (nSPS) is 0. The monoisotopic (exact) mass is 867 g/mol. The van der Waals surface area contributed by atoms with E-state index in [4.69, 9.17) is 0 Å². The maximum atomic E-state index is 0. The van der Waals surface area contributed by atoms with Crippen LogP contribution in [-0.2, 0) is 143 Å². The Balaban J connectivity index is 0. The van der Waals surface area contributed by atoms with E-state index in [1.54, 1.807) is 0 Å². The van der Waals surface area contributed by atoms with E-state index in [9.17, 15) is 0 Å². The third kappa shape index (κ3) is 341. The molecule has 0 fully saturated rings. The summed E-state index contributed by atoms with van der Waals surface area (Å²) in [6, 6.07) is 0. The Morgan fingerprint density at radius 3 is 0.238 bits per heavy atom. The molecule has 0 aromatic rings. The maximum absolute atomic E-state index is 0. The average Bonchev–Trinajstić information content (AvgIpc) is 0. The summed E-state index contributed by atoms with van der Waals surface area (Å²) in [5.74, 6) is 0. The zero-order valence-electron chi connectivity index (χ0n) is 9.59. The molecule has 0 rings (SSSR count). The average molecular weight is 867 g/mol. The van der Waals surface area contributed by atoms with E-state index in [2.05, 4.69) is 0 Å². The Bertz CT molecular complexity index is 36.1. The molecule has 21 heteroatoms. The minimum Gasteiger partial charge on any atom is -2.00 e. The summed E-state index contributed by atoms with van der Waals surface area (Å²) in [5, 5.41) is 0. The first kappa shape index (κ1) is 412. The molecule has 0 N–H and O–H groups in total. The molecule has 0 heterocycles. The molecular formula is Cr2La2O13Sr2V2. The summed E-state index contributed by atoms with van der Waals surface area (Å²) >= 11 is 0. The second-order valence-corrected chi connectivity index (χ2v) is 0. The van der Waals surface area contributed by atoms with Gasteiger partial charge >= 0.3 is 234 Å². The van der Waals surface area contributed by atoms with Crippen LogP contribution in [0.1, 0.15) is 0 Å². The van der Waals surface area contributed by atoms with Gasteiger partial charge in [-0.25, -0.2) is 0 Å². The van der Waals surface area contributed by atoms with Gasteiger partial charge in [0, 0.05) is 0 Å². The molecule has 0 aromatic carbocycles. The summed E-state index contributed by atoms with van der Waals surface area (Å²) in [6.45, 7) is 0. The van der Waals surface area contributed by atoms with Crippen molar-refractivity contribution in [2.45, 2.75) is 0 Å². The first-order valence-electron chi connectivity index (χ1n) is 0. The van der Waals surface area contributed by atoms with Crippen LogP contribution in [0, 0.1) is 71.2 Å². The van der Waals surface area contributed by atoms with Crippen LogP contribution in [0.15, 0.2) is 0 Å². The number of hydrogen-bond donors (Lipinski definition) is 0. The fourth-order valence-electron chi connectivity index (χ4n) is 0. The predicted octanol–water partition coefficient (Wildman–Crippen LogP) is -2.32. The molecule has 0 aliphatic carbocycles. The van der Waals surface area contributed by atoms with Crippen molar-refractivity contribution < 1.29 is 214 Å². The third-order valence-electron chi connectivity index (χ3n) is 0. The van der Waals surface area contributed by atoms with E-state index >= 15 is 0 Å². The Morgan fingerprint density at radius 2 is 0.238 bits per heavy atom. The van der Waals surface area contributed by atoms with Crippen LogP contribution in [-0.4, -0.2) is 91.0 Å². The molecule has 0 saturated carbocycles. The van der Waals surface area contributed by atoms with Crippen molar-refractivity contribution >= 4 is 91.0 Å². The topological polar surface area (TPSA) is 370 Å². The zero-order chi connectivity index (χ0) is 0. The Kier molecular flexibility index (Phi) is 7230. The molecule has 0 atom stereocenters. The van der Waals surface area contributed by atoms with Crippen LogP contribution < -0.4 is 0 Å². The second kappa shape index (κ2) is 368. The van der Waals surface area contributed by atoms with Gasteiger partial charge in [0.25, 0.3) is 0 Å². The molecule has 0 saturated heterocycles. The summed E-state index contributed by atoms with van der Waals surface area (Å²) in [4.78, 5) is 0. The van der Waals surface area contributed by atoms with Gasteiger partial charge in [0.15, 0.2) is 0 Å². The molecule has 21 heavy (non-hydrogen) atoms. The minimum absolute atomic E-state index is 0. The number of rotatable bonds is 0. The predicted molar refractivity (Wildman–Crippen MR) is 20.4 cm³/mol. The van der Waals surface area contributed by atoms with Crippen molar-refractivity contribution in [1.82, 2.24) is 0 Å². The molecule has 0 amide bonds. The van der Waals surface area contributed by atoms with Crippen molar-refractivity contribution in [3.05, 3.63) is 0 Å². The van der Waals surface area contributed by atoms with E-state index in [1.807, 2.05) is 0 Å². The summed E-state index contributed by atoms with van der Waals surface area (Å²) in [7, 11) is 0. The van der Waals surface area contributed by atoms with E-state index < -0.39 is 0 Å². The van der Waals surface area contributed by atoms with Crippen molar-refractivity contribution in [2.75, 3.05) is 0 Å². The van der Waals surface area contributed by atoms with Crippen molar-refractivity contribution in [3.63, 3.8) is 0 Å². The van der Waals surface area contributed by atoms with E-state index in [0.717, 1.165) is 0 Å². The molecule has 0 aliphatic rings. The van der Waals surface area contributed by atoms with Gasteiger partial charge in [-0.15, -0.1) is 0 Å². The summed E-state index contributed by atoms with van der Waals surface area (Å²) < 4.78 is 0. The van der Waals surface area contributed by atoms with Crippen LogP contribution in [0.2, 0.25) is 0 Å². The van der Waals surface area contributed by atoms with Crippen LogP contribution in [0.3, 0.4) is 0 Å². The molecule has 0 aliphatic heterocycles. The fourth-order valence-corrected chi connectivity index (χ4v) is 0. The van der Waals surface area contributed by atoms with E-state index in [1.165, 1.54) is 0 Å². The summed E-state index contributed by atoms with van der Waals surface area (Å²) in [5.41, 5.74) is 0. The van der Waals surface area contributed by atoms with Crippen molar-refractivity contribution in [2.24, 2.45) is 0 Å². The molecule has 0 unspecified atom stereocenters. The smallest absolute Gasteiger partial charge is 2.00 e. The van der Waals surface area contributed by atoms with Gasteiger partial charge in [-0.1, -0.05) is 0 Å². The summed E-state index contributed by atoms with van der Waals surface area (Å²) in [6.07, 6.45) is 0. The quantitative estimate of drug-likeness (QED) is 0.232. The van der Waals surface area contributed by atoms with E-state index in [-0.39, 0.29) is 305 Å². The Labute approximate surface area is 297 Å². The van der Waals surface area contributed by atoms with Gasteiger partial charge in [0.1, 0.15) is 0 Å². The molecule has 0 bridgehead atoms. The van der Waals surface area contributed by atoms with Crippen LogP contribution in [0.4, 0.5) is 0 Å². The van der Waals surface area contributed by atoms with Gasteiger partial charge in [-0.2, -0.15) is 0 Å². The first-order valence-corrected chi connectivity index (χ1v) is 0. The van der Waals surface area contributed by atoms with Crippen LogP contribution in [0.25, 0.3) is 0 Å². The SMILES string of the molecule is [Cr+3].[Cr+3].[La+3].[La+3].[O-2].[O-2].[O-2].[O-2].[O-2].[O-2].[O-2].[O-2].[O-2].[O-2].[O-2].[O-2].[O-2].[Sr+2].[Sr+2].[V+5].[V+5]. The molecule has 0 spiro atoms. The van der Waals surface area contributed by atoms with Crippen LogP contribution in [0.5, 0.6) is 0 Å². The first-order chi connectivity index (χ1) is 0. The minimum atomic E-state index is 0. The number of hydrogen-bond acceptors (Lipinski definition) is 0. The Morgan fingerprint density at radius 1 is 0.238 bits per heavy atom. The molecule has 110 valence electrons. The van der Waals surface area contributed by atoms with Gasteiger partial charge in [0.05, 0.1) is 0 Å².